The Hall–Kier alpha value is -1.38. The molecular formula is C14H9Cl2FO. The summed E-state index contributed by atoms with van der Waals surface area (Å²) < 4.78 is 13.0. The average molecular weight is 283 g/mol. The van der Waals surface area contributed by atoms with Crippen LogP contribution < -0.4 is 0 Å². The SMILES string of the molecule is Cc1cc(F)ccc1C(=O)c1cc(Cl)ccc1Cl. The number of aryl methyl sites for hydroxylation is 1. The van der Waals surface area contributed by atoms with Gasteiger partial charge in [0.25, 0.3) is 0 Å². The summed E-state index contributed by atoms with van der Waals surface area (Å²) in [5.41, 5.74) is 1.30. The molecule has 0 bridgehead atoms. The van der Waals surface area contributed by atoms with Gasteiger partial charge in [-0.15, -0.1) is 0 Å². The largest absolute Gasteiger partial charge is 0.289 e. The monoisotopic (exact) mass is 282 g/mol. The van der Waals surface area contributed by atoms with Crippen LogP contribution >= 0.6 is 23.2 Å². The summed E-state index contributed by atoms with van der Waals surface area (Å²) in [7, 11) is 0. The molecular weight excluding hydrogens is 274 g/mol. The summed E-state index contributed by atoms with van der Waals surface area (Å²) in [4.78, 5) is 12.3. The summed E-state index contributed by atoms with van der Waals surface area (Å²) in [6.45, 7) is 1.68. The minimum atomic E-state index is -0.374. The van der Waals surface area contributed by atoms with Gasteiger partial charge in [-0.1, -0.05) is 23.2 Å². The normalized spacial score (nSPS) is 10.4. The minimum absolute atomic E-state index is 0.264. The number of ketones is 1. The van der Waals surface area contributed by atoms with Gasteiger partial charge in [0.2, 0.25) is 0 Å². The van der Waals surface area contributed by atoms with Gasteiger partial charge in [0.15, 0.2) is 5.78 Å². The molecule has 92 valence electrons. The second-order valence-electron chi connectivity index (χ2n) is 3.91. The molecule has 0 saturated carbocycles. The molecule has 0 aromatic heterocycles. The van der Waals surface area contributed by atoms with Crippen LogP contribution in [0.4, 0.5) is 4.39 Å². The van der Waals surface area contributed by atoms with Gasteiger partial charge in [0, 0.05) is 16.1 Å². The van der Waals surface area contributed by atoms with Gasteiger partial charge >= 0.3 is 0 Å². The summed E-state index contributed by atoms with van der Waals surface area (Å²) in [5.74, 6) is -0.638. The molecule has 0 atom stereocenters. The van der Waals surface area contributed by atoms with E-state index in [4.69, 9.17) is 23.2 Å². The first-order valence-corrected chi connectivity index (χ1v) is 6.00. The zero-order chi connectivity index (χ0) is 13.3. The van der Waals surface area contributed by atoms with Crippen molar-refractivity contribution in [3.8, 4) is 0 Å². The lowest BCUT2D eigenvalue weighted by Gasteiger charge is -2.07. The summed E-state index contributed by atoms with van der Waals surface area (Å²) >= 11 is 11.8. The summed E-state index contributed by atoms with van der Waals surface area (Å²) in [6.07, 6.45) is 0. The van der Waals surface area contributed by atoms with E-state index in [-0.39, 0.29) is 11.6 Å². The average Bonchev–Trinajstić information content (AvgIpc) is 2.31. The molecule has 2 rings (SSSR count). The molecule has 2 aromatic rings. The van der Waals surface area contributed by atoms with Crippen LogP contribution in [0.1, 0.15) is 21.5 Å². The van der Waals surface area contributed by atoms with Gasteiger partial charge in [-0.2, -0.15) is 0 Å². The van der Waals surface area contributed by atoms with Crippen LogP contribution in [0.5, 0.6) is 0 Å². The van der Waals surface area contributed by atoms with E-state index in [1.807, 2.05) is 0 Å². The molecule has 0 fully saturated rings. The standard InChI is InChI=1S/C14H9Cl2FO/c1-8-6-10(17)3-4-11(8)14(18)12-7-9(15)2-5-13(12)16/h2-7H,1H3. The van der Waals surface area contributed by atoms with Crippen molar-refractivity contribution in [2.45, 2.75) is 6.92 Å². The number of carbonyl (C=O) groups excluding carboxylic acids is 1. The van der Waals surface area contributed by atoms with Gasteiger partial charge in [-0.25, -0.2) is 4.39 Å². The van der Waals surface area contributed by atoms with Crippen molar-refractivity contribution in [1.29, 1.82) is 0 Å². The first-order chi connectivity index (χ1) is 8.49. The van der Waals surface area contributed by atoms with Crippen LogP contribution in [0.15, 0.2) is 36.4 Å². The Bertz CT molecular complexity index is 623. The third-order valence-corrected chi connectivity index (χ3v) is 3.17. The van der Waals surface area contributed by atoms with Crippen LogP contribution in [-0.2, 0) is 0 Å². The molecule has 4 heteroatoms. The maximum Gasteiger partial charge on any atom is 0.194 e. The first-order valence-electron chi connectivity index (χ1n) is 5.25. The Morgan fingerprint density at radius 1 is 1.06 bits per heavy atom. The van der Waals surface area contributed by atoms with Gasteiger partial charge in [0.1, 0.15) is 5.82 Å². The van der Waals surface area contributed by atoms with Crippen LogP contribution in [0, 0.1) is 12.7 Å². The van der Waals surface area contributed by atoms with E-state index in [9.17, 15) is 9.18 Å². The lowest BCUT2D eigenvalue weighted by molar-refractivity contribution is 0.103. The van der Waals surface area contributed by atoms with E-state index in [1.165, 1.54) is 24.3 Å². The maximum absolute atomic E-state index is 13.0. The highest BCUT2D eigenvalue weighted by Crippen LogP contribution is 2.24. The molecule has 0 radical (unpaired) electrons. The van der Waals surface area contributed by atoms with Crippen LogP contribution in [0.25, 0.3) is 0 Å². The van der Waals surface area contributed by atoms with Crippen LogP contribution in [0.3, 0.4) is 0 Å². The van der Waals surface area contributed by atoms with E-state index in [0.717, 1.165) is 0 Å². The van der Waals surface area contributed by atoms with Gasteiger partial charge in [-0.3, -0.25) is 4.79 Å². The highest BCUT2D eigenvalue weighted by atomic mass is 35.5. The molecule has 0 aliphatic heterocycles. The maximum atomic E-state index is 13.0. The Morgan fingerprint density at radius 2 is 1.78 bits per heavy atom. The second-order valence-corrected chi connectivity index (χ2v) is 4.76. The molecule has 0 amide bonds. The molecule has 0 heterocycles. The van der Waals surface area contributed by atoms with E-state index in [0.29, 0.717) is 26.7 Å². The number of carbonyl (C=O) groups is 1. The molecule has 0 spiro atoms. The van der Waals surface area contributed by atoms with Crippen molar-refractivity contribution in [1.82, 2.24) is 0 Å². The molecule has 1 nitrogen and oxygen atoms in total. The van der Waals surface area contributed by atoms with Crippen molar-refractivity contribution < 1.29 is 9.18 Å². The van der Waals surface area contributed by atoms with Crippen LogP contribution in [0.2, 0.25) is 10.0 Å². The number of hydrogen-bond donors (Lipinski definition) is 0. The minimum Gasteiger partial charge on any atom is -0.289 e. The second kappa shape index (κ2) is 5.09. The Balaban J connectivity index is 2.51. The molecule has 0 aliphatic rings. The van der Waals surface area contributed by atoms with Crippen molar-refractivity contribution in [2.75, 3.05) is 0 Å². The number of rotatable bonds is 2. The first kappa shape index (κ1) is 13.1. The fourth-order valence-corrected chi connectivity index (χ4v) is 2.07. The molecule has 0 aliphatic carbocycles. The zero-order valence-electron chi connectivity index (χ0n) is 9.51. The predicted molar refractivity (Wildman–Crippen MR) is 71.0 cm³/mol. The predicted octanol–water partition coefficient (Wildman–Crippen LogP) is 4.67. The summed E-state index contributed by atoms with van der Waals surface area (Å²) in [5, 5.41) is 0.760. The van der Waals surface area contributed by atoms with Gasteiger partial charge in [0.05, 0.1) is 5.02 Å². The molecule has 0 saturated heterocycles. The zero-order valence-corrected chi connectivity index (χ0v) is 11.0. The smallest absolute Gasteiger partial charge is 0.194 e. The fourth-order valence-electron chi connectivity index (χ4n) is 1.70. The number of halogens is 3. The Kier molecular flexibility index (Phi) is 3.69. The third kappa shape index (κ3) is 2.55. The van der Waals surface area contributed by atoms with E-state index in [1.54, 1.807) is 19.1 Å². The topological polar surface area (TPSA) is 17.1 Å². The van der Waals surface area contributed by atoms with E-state index < -0.39 is 0 Å². The van der Waals surface area contributed by atoms with Gasteiger partial charge in [-0.05, 0) is 48.9 Å². The number of hydrogen-bond acceptors (Lipinski definition) is 1. The third-order valence-electron chi connectivity index (χ3n) is 2.61. The Labute approximate surface area is 114 Å². The highest BCUT2D eigenvalue weighted by molar-refractivity contribution is 6.36. The van der Waals surface area contributed by atoms with Crippen molar-refractivity contribution in [3.05, 3.63) is 69.0 Å². The molecule has 0 unspecified atom stereocenters. The van der Waals surface area contributed by atoms with E-state index in [2.05, 4.69) is 0 Å². The van der Waals surface area contributed by atoms with Gasteiger partial charge < -0.3 is 0 Å². The highest BCUT2D eigenvalue weighted by Gasteiger charge is 2.15. The van der Waals surface area contributed by atoms with E-state index >= 15 is 0 Å². The Morgan fingerprint density at radius 3 is 2.44 bits per heavy atom. The lowest BCUT2D eigenvalue weighted by atomic mass is 9.99. The quantitative estimate of drug-likeness (QED) is 0.732. The number of benzene rings is 2. The van der Waals surface area contributed by atoms with Crippen LogP contribution in [-0.4, -0.2) is 5.78 Å². The molecule has 2 aromatic carbocycles. The van der Waals surface area contributed by atoms with Crippen molar-refractivity contribution >= 4 is 29.0 Å². The molecule has 18 heavy (non-hydrogen) atoms. The lowest BCUT2D eigenvalue weighted by Crippen LogP contribution is -2.04. The molecule has 0 N–H and O–H groups in total. The summed E-state index contributed by atoms with van der Waals surface area (Å²) in [6, 6.07) is 8.69. The fraction of sp³-hybridized carbons (Fsp3) is 0.0714. The van der Waals surface area contributed by atoms with Crippen molar-refractivity contribution in [3.63, 3.8) is 0 Å². The van der Waals surface area contributed by atoms with Crippen molar-refractivity contribution in [2.24, 2.45) is 0 Å².